The summed E-state index contributed by atoms with van der Waals surface area (Å²) in [6, 6.07) is 0. The van der Waals surface area contributed by atoms with Crippen LogP contribution in [0.5, 0.6) is 0 Å². The lowest BCUT2D eigenvalue weighted by molar-refractivity contribution is -0.167. The number of esters is 3. The number of carbonyl (C=O) groups is 3. The van der Waals surface area contributed by atoms with Crippen LogP contribution in [0.4, 0.5) is 0 Å². The lowest BCUT2D eigenvalue weighted by atomic mass is 10.0. The maximum absolute atomic E-state index is 12.8. The maximum Gasteiger partial charge on any atom is 0.306 e. The zero-order valence-corrected chi connectivity index (χ0v) is 42.6. The van der Waals surface area contributed by atoms with Gasteiger partial charge in [0.25, 0.3) is 0 Å². The monoisotopic (exact) mass is 897 g/mol. The molecule has 0 aliphatic rings. The smallest absolute Gasteiger partial charge is 0.306 e. The van der Waals surface area contributed by atoms with Crippen molar-refractivity contribution in [1.29, 1.82) is 0 Å². The van der Waals surface area contributed by atoms with E-state index >= 15 is 0 Å². The third-order valence-corrected chi connectivity index (χ3v) is 12.0. The molecular formula is C58H104O6. The summed E-state index contributed by atoms with van der Waals surface area (Å²) in [6.45, 7) is 6.48. The van der Waals surface area contributed by atoms with Gasteiger partial charge in [-0.05, 0) is 70.6 Å². The fourth-order valence-corrected chi connectivity index (χ4v) is 7.93. The van der Waals surface area contributed by atoms with Gasteiger partial charge in [-0.25, -0.2) is 0 Å². The Labute approximate surface area is 397 Å². The van der Waals surface area contributed by atoms with Gasteiger partial charge in [-0.2, -0.15) is 0 Å². The fraction of sp³-hybridized carbons (Fsp3) is 0.810. The standard InChI is InChI=1S/C58H104O6/c1-4-7-10-13-16-19-22-24-26-28-29-31-32-34-36-39-42-45-48-51-57(60)63-54-55(53-62-56(59)50-47-44-41-38-21-18-15-12-9-6-3)64-58(61)52-49-46-43-40-37-35-33-30-27-25-23-20-17-14-11-8-5-2/h8,11-12,15,17,20,25,27,55H,4-7,9-10,13-14,16,18-19,21-24,26,28-54H2,1-3H3/b11-8-,15-12-,20-17-,27-25-. The molecule has 0 saturated carbocycles. The van der Waals surface area contributed by atoms with Crippen LogP contribution in [0, 0.1) is 0 Å². The minimum atomic E-state index is -0.778. The van der Waals surface area contributed by atoms with Gasteiger partial charge in [-0.15, -0.1) is 0 Å². The number of rotatable bonds is 50. The molecule has 0 aliphatic heterocycles. The second-order valence-electron chi connectivity index (χ2n) is 18.5. The molecule has 0 radical (unpaired) electrons. The molecule has 1 unspecified atom stereocenters. The number of hydrogen-bond donors (Lipinski definition) is 0. The summed E-state index contributed by atoms with van der Waals surface area (Å²) in [5, 5.41) is 0. The van der Waals surface area contributed by atoms with E-state index in [1.54, 1.807) is 0 Å². The first-order valence-corrected chi connectivity index (χ1v) is 27.6. The van der Waals surface area contributed by atoms with Gasteiger partial charge in [0.1, 0.15) is 13.2 Å². The lowest BCUT2D eigenvalue weighted by Gasteiger charge is -2.18. The van der Waals surface area contributed by atoms with Gasteiger partial charge >= 0.3 is 17.9 Å². The predicted molar refractivity (Wildman–Crippen MR) is 275 cm³/mol. The Morgan fingerprint density at radius 1 is 0.328 bits per heavy atom. The Hall–Kier alpha value is -2.63. The summed E-state index contributed by atoms with van der Waals surface area (Å²) in [6.07, 6.45) is 63.9. The summed E-state index contributed by atoms with van der Waals surface area (Å²) in [7, 11) is 0. The molecule has 0 bridgehead atoms. The lowest BCUT2D eigenvalue weighted by Crippen LogP contribution is -2.30. The van der Waals surface area contributed by atoms with E-state index in [1.165, 1.54) is 148 Å². The summed E-state index contributed by atoms with van der Waals surface area (Å²) < 4.78 is 16.8. The number of hydrogen-bond acceptors (Lipinski definition) is 6. The van der Waals surface area contributed by atoms with Gasteiger partial charge in [0.05, 0.1) is 0 Å². The van der Waals surface area contributed by atoms with Crippen LogP contribution < -0.4 is 0 Å². The first kappa shape index (κ1) is 61.4. The summed E-state index contributed by atoms with van der Waals surface area (Å²) in [5.41, 5.74) is 0. The first-order valence-electron chi connectivity index (χ1n) is 27.6. The molecule has 0 spiro atoms. The van der Waals surface area contributed by atoms with E-state index in [0.717, 1.165) is 96.3 Å². The molecule has 6 heteroatoms. The number of carbonyl (C=O) groups excluding carboxylic acids is 3. The van der Waals surface area contributed by atoms with Crippen molar-refractivity contribution in [2.24, 2.45) is 0 Å². The summed E-state index contributed by atoms with van der Waals surface area (Å²) >= 11 is 0. The zero-order chi connectivity index (χ0) is 46.5. The highest BCUT2D eigenvalue weighted by Crippen LogP contribution is 2.16. The van der Waals surface area contributed by atoms with Crippen LogP contribution >= 0.6 is 0 Å². The maximum atomic E-state index is 12.8. The number of unbranched alkanes of at least 4 members (excludes halogenated alkanes) is 31. The Balaban J connectivity index is 4.29. The molecule has 0 aromatic rings. The second-order valence-corrected chi connectivity index (χ2v) is 18.5. The van der Waals surface area contributed by atoms with Crippen LogP contribution in [0.1, 0.15) is 284 Å². The number of allylic oxidation sites excluding steroid dienone is 8. The Morgan fingerprint density at radius 2 is 0.641 bits per heavy atom. The van der Waals surface area contributed by atoms with Crippen molar-refractivity contribution < 1.29 is 28.6 Å². The molecule has 1 atom stereocenters. The van der Waals surface area contributed by atoms with E-state index in [2.05, 4.69) is 69.4 Å². The molecule has 0 aliphatic carbocycles. The topological polar surface area (TPSA) is 78.9 Å². The minimum absolute atomic E-state index is 0.0772. The molecule has 0 heterocycles. The molecule has 64 heavy (non-hydrogen) atoms. The third kappa shape index (κ3) is 50.4. The molecule has 0 aromatic heterocycles. The van der Waals surface area contributed by atoms with Crippen molar-refractivity contribution in [3.05, 3.63) is 48.6 Å². The Morgan fingerprint density at radius 3 is 1.03 bits per heavy atom. The van der Waals surface area contributed by atoms with Crippen LogP contribution in [0.2, 0.25) is 0 Å². The average Bonchev–Trinajstić information content (AvgIpc) is 3.29. The van der Waals surface area contributed by atoms with Gasteiger partial charge in [0, 0.05) is 19.3 Å². The zero-order valence-electron chi connectivity index (χ0n) is 42.6. The summed E-state index contributed by atoms with van der Waals surface area (Å²) in [5.74, 6) is -0.887. The molecule has 372 valence electrons. The quantitative estimate of drug-likeness (QED) is 0.0262. The van der Waals surface area contributed by atoms with Gasteiger partial charge in [0.2, 0.25) is 0 Å². The highest BCUT2D eigenvalue weighted by Gasteiger charge is 2.19. The van der Waals surface area contributed by atoms with E-state index < -0.39 is 6.10 Å². The fourth-order valence-electron chi connectivity index (χ4n) is 7.93. The van der Waals surface area contributed by atoms with E-state index in [9.17, 15) is 14.4 Å². The summed E-state index contributed by atoms with van der Waals surface area (Å²) in [4.78, 5) is 38.0. The third-order valence-electron chi connectivity index (χ3n) is 12.0. The minimum Gasteiger partial charge on any atom is -0.462 e. The van der Waals surface area contributed by atoms with Crippen LogP contribution in [-0.2, 0) is 28.6 Å². The molecule has 6 nitrogen and oxygen atoms in total. The predicted octanol–water partition coefficient (Wildman–Crippen LogP) is 18.3. The van der Waals surface area contributed by atoms with Crippen molar-refractivity contribution in [2.75, 3.05) is 13.2 Å². The van der Waals surface area contributed by atoms with E-state index in [0.29, 0.717) is 19.3 Å². The highest BCUT2D eigenvalue weighted by molar-refractivity contribution is 5.71. The normalized spacial score (nSPS) is 12.4. The van der Waals surface area contributed by atoms with Gasteiger partial charge in [-0.3, -0.25) is 14.4 Å². The van der Waals surface area contributed by atoms with Crippen molar-refractivity contribution in [3.8, 4) is 0 Å². The molecule has 0 saturated heterocycles. The van der Waals surface area contributed by atoms with E-state index in [1.807, 2.05) is 0 Å². The van der Waals surface area contributed by atoms with Crippen LogP contribution in [0.3, 0.4) is 0 Å². The van der Waals surface area contributed by atoms with Crippen LogP contribution in [0.25, 0.3) is 0 Å². The molecule has 0 N–H and O–H groups in total. The molecular weight excluding hydrogens is 793 g/mol. The molecule has 0 fully saturated rings. The van der Waals surface area contributed by atoms with Crippen LogP contribution in [-0.4, -0.2) is 37.2 Å². The van der Waals surface area contributed by atoms with Gasteiger partial charge in [-0.1, -0.05) is 243 Å². The molecule has 0 aromatic carbocycles. The Kier molecular flexibility index (Phi) is 50.8. The van der Waals surface area contributed by atoms with Gasteiger partial charge < -0.3 is 14.2 Å². The second kappa shape index (κ2) is 53.0. The van der Waals surface area contributed by atoms with Crippen LogP contribution in [0.15, 0.2) is 48.6 Å². The SMILES string of the molecule is CC/C=C\C/C=C\C/C=C\CCCCCCCCCC(=O)OC(COC(=O)CCCCCCC/C=C\CCC)COC(=O)CCCCCCCCCCCCCCCCCCCCC. The average molecular weight is 897 g/mol. The van der Waals surface area contributed by atoms with Crippen molar-refractivity contribution in [1.82, 2.24) is 0 Å². The highest BCUT2D eigenvalue weighted by atomic mass is 16.6. The number of ether oxygens (including phenoxy) is 3. The van der Waals surface area contributed by atoms with Crippen molar-refractivity contribution >= 4 is 17.9 Å². The van der Waals surface area contributed by atoms with E-state index in [4.69, 9.17) is 14.2 Å². The molecule has 0 rings (SSSR count). The van der Waals surface area contributed by atoms with E-state index in [-0.39, 0.29) is 31.1 Å². The molecule has 0 amide bonds. The van der Waals surface area contributed by atoms with Gasteiger partial charge in [0.15, 0.2) is 6.10 Å². The van der Waals surface area contributed by atoms with Crippen molar-refractivity contribution in [2.45, 2.75) is 290 Å². The largest absolute Gasteiger partial charge is 0.462 e. The first-order chi connectivity index (χ1) is 31.5. The Bertz CT molecular complexity index is 1120. The van der Waals surface area contributed by atoms with Crippen molar-refractivity contribution in [3.63, 3.8) is 0 Å².